The van der Waals surface area contributed by atoms with Crippen molar-refractivity contribution in [3.63, 3.8) is 0 Å². The van der Waals surface area contributed by atoms with Crippen LogP contribution in [0.25, 0.3) is 11.3 Å². The Hall–Kier alpha value is -2.97. The van der Waals surface area contributed by atoms with Crippen LogP contribution in [0.15, 0.2) is 41.8 Å². The summed E-state index contributed by atoms with van der Waals surface area (Å²) in [5, 5.41) is 16.4. The van der Waals surface area contributed by atoms with Gasteiger partial charge >= 0.3 is 0 Å². The number of hydrogen-bond acceptors (Lipinski definition) is 6. The summed E-state index contributed by atoms with van der Waals surface area (Å²) in [4.78, 5) is 27.3. The van der Waals surface area contributed by atoms with Crippen molar-refractivity contribution >= 4 is 39.7 Å². The molecule has 9 heteroatoms. The largest absolute Gasteiger partial charge is 0.481 e. The van der Waals surface area contributed by atoms with Gasteiger partial charge in [-0.2, -0.15) is 0 Å². The number of nitro benzene ring substituents is 1. The third-order valence-electron chi connectivity index (χ3n) is 4.18. The number of carbonyl (C=O) groups is 1. The van der Waals surface area contributed by atoms with Gasteiger partial charge in [0, 0.05) is 28.1 Å². The Balaban J connectivity index is 1.68. The molecule has 0 aliphatic carbocycles. The van der Waals surface area contributed by atoms with E-state index in [9.17, 15) is 14.9 Å². The Morgan fingerprint density at radius 3 is 2.62 bits per heavy atom. The van der Waals surface area contributed by atoms with Crippen LogP contribution in [0.1, 0.15) is 18.1 Å². The number of halogens is 1. The van der Waals surface area contributed by atoms with Gasteiger partial charge in [0.05, 0.1) is 10.6 Å². The van der Waals surface area contributed by atoms with Gasteiger partial charge in [0.25, 0.3) is 11.6 Å². The molecular weight excluding hydrogens is 414 g/mol. The summed E-state index contributed by atoms with van der Waals surface area (Å²) in [6.45, 7) is 5.39. The van der Waals surface area contributed by atoms with E-state index in [2.05, 4.69) is 10.3 Å². The van der Waals surface area contributed by atoms with E-state index >= 15 is 0 Å². The molecule has 7 nitrogen and oxygen atoms in total. The van der Waals surface area contributed by atoms with Crippen LogP contribution in [-0.4, -0.2) is 21.9 Å². The molecule has 1 aromatic heterocycles. The molecule has 2 aromatic carbocycles. The van der Waals surface area contributed by atoms with E-state index < -0.39 is 11.0 Å². The van der Waals surface area contributed by atoms with Gasteiger partial charge in [-0.3, -0.25) is 20.2 Å². The SMILES string of the molecule is Cc1cc(OC(C)C(=O)Nc2nc(-c3cccc([N+](=O)[O-])c3)cs2)cc(C)c1Cl. The van der Waals surface area contributed by atoms with Gasteiger partial charge in [-0.25, -0.2) is 4.98 Å². The first-order valence-electron chi connectivity index (χ1n) is 8.69. The molecule has 0 saturated carbocycles. The van der Waals surface area contributed by atoms with Gasteiger partial charge < -0.3 is 4.74 Å². The highest BCUT2D eigenvalue weighted by molar-refractivity contribution is 7.14. The normalized spacial score (nSPS) is 11.7. The van der Waals surface area contributed by atoms with Gasteiger partial charge in [-0.1, -0.05) is 23.7 Å². The highest BCUT2D eigenvalue weighted by atomic mass is 35.5. The summed E-state index contributed by atoms with van der Waals surface area (Å²) in [5.74, 6) is 0.207. The number of carbonyl (C=O) groups excluding carboxylic acids is 1. The summed E-state index contributed by atoms with van der Waals surface area (Å²) < 4.78 is 5.73. The first kappa shape index (κ1) is 20.8. The zero-order chi connectivity index (χ0) is 21.1. The second kappa shape index (κ2) is 8.59. The number of nitro groups is 1. The van der Waals surface area contributed by atoms with Crippen molar-refractivity contribution < 1.29 is 14.5 Å². The van der Waals surface area contributed by atoms with E-state index in [0.29, 0.717) is 27.2 Å². The lowest BCUT2D eigenvalue weighted by atomic mass is 10.1. The average Bonchev–Trinajstić information content (AvgIpc) is 3.14. The molecule has 1 unspecified atom stereocenters. The summed E-state index contributed by atoms with van der Waals surface area (Å²) >= 11 is 7.39. The van der Waals surface area contributed by atoms with Gasteiger partial charge in [0.15, 0.2) is 11.2 Å². The molecular formula is C20H18ClN3O4S. The highest BCUT2D eigenvalue weighted by Gasteiger charge is 2.18. The summed E-state index contributed by atoms with van der Waals surface area (Å²) in [6.07, 6.45) is -0.750. The zero-order valence-electron chi connectivity index (χ0n) is 15.9. The number of non-ortho nitro benzene ring substituents is 1. The average molecular weight is 432 g/mol. The second-order valence-electron chi connectivity index (χ2n) is 6.47. The first-order valence-corrected chi connectivity index (χ1v) is 9.95. The van der Waals surface area contributed by atoms with Crippen LogP contribution in [0.3, 0.4) is 0 Å². The van der Waals surface area contributed by atoms with Gasteiger partial charge in [0.2, 0.25) is 0 Å². The molecule has 29 heavy (non-hydrogen) atoms. The van der Waals surface area contributed by atoms with Crippen molar-refractivity contribution in [3.8, 4) is 17.0 Å². The Morgan fingerprint density at radius 1 is 1.28 bits per heavy atom. The second-order valence-corrected chi connectivity index (χ2v) is 7.70. The van der Waals surface area contributed by atoms with Crippen LogP contribution >= 0.6 is 22.9 Å². The zero-order valence-corrected chi connectivity index (χ0v) is 17.5. The van der Waals surface area contributed by atoms with Crippen LogP contribution in [0.5, 0.6) is 5.75 Å². The van der Waals surface area contributed by atoms with Crippen LogP contribution in [0.2, 0.25) is 5.02 Å². The Labute approximate surface area is 176 Å². The number of hydrogen-bond donors (Lipinski definition) is 1. The number of aromatic nitrogens is 1. The molecule has 150 valence electrons. The molecule has 0 fully saturated rings. The molecule has 1 amide bonds. The number of aryl methyl sites for hydroxylation is 2. The predicted octanol–water partition coefficient (Wildman–Crippen LogP) is 5.39. The topological polar surface area (TPSA) is 94.4 Å². The van der Waals surface area contributed by atoms with E-state index in [1.54, 1.807) is 36.6 Å². The fourth-order valence-corrected chi connectivity index (χ4v) is 3.51. The summed E-state index contributed by atoms with van der Waals surface area (Å²) in [6, 6.07) is 9.74. The van der Waals surface area contributed by atoms with Crippen molar-refractivity contribution in [1.82, 2.24) is 4.98 Å². The smallest absolute Gasteiger partial charge is 0.270 e. The minimum absolute atomic E-state index is 0.0170. The number of anilines is 1. The van der Waals surface area contributed by atoms with E-state index in [1.807, 2.05) is 13.8 Å². The van der Waals surface area contributed by atoms with Crippen molar-refractivity contribution in [2.45, 2.75) is 26.9 Å². The Morgan fingerprint density at radius 2 is 1.97 bits per heavy atom. The molecule has 3 aromatic rings. The molecule has 1 N–H and O–H groups in total. The van der Waals surface area contributed by atoms with Gasteiger partial charge in [-0.15, -0.1) is 11.3 Å². The number of amides is 1. The Kier molecular flexibility index (Phi) is 6.14. The Bertz CT molecular complexity index is 1060. The van der Waals surface area contributed by atoms with Crippen LogP contribution in [0, 0.1) is 24.0 Å². The quantitative estimate of drug-likeness (QED) is 0.416. The van der Waals surface area contributed by atoms with Gasteiger partial charge in [-0.05, 0) is 44.0 Å². The van der Waals surface area contributed by atoms with Crippen LogP contribution < -0.4 is 10.1 Å². The number of ether oxygens (including phenoxy) is 1. The van der Waals surface area contributed by atoms with Crippen molar-refractivity contribution in [1.29, 1.82) is 0 Å². The van der Waals surface area contributed by atoms with E-state index in [4.69, 9.17) is 16.3 Å². The number of rotatable bonds is 6. The maximum Gasteiger partial charge on any atom is 0.270 e. The molecule has 3 rings (SSSR count). The molecule has 1 heterocycles. The predicted molar refractivity (Wildman–Crippen MR) is 114 cm³/mol. The molecule has 0 bridgehead atoms. The molecule has 0 saturated heterocycles. The van der Waals surface area contributed by atoms with Crippen LogP contribution in [-0.2, 0) is 4.79 Å². The third kappa shape index (κ3) is 4.90. The minimum atomic E-state index is -0.750. The molecule has 0 aliphatic rings. The van der Waals surface area contributed by atoms with E-state index in [-0.39, 0.29) is 11.6 Å². The van der Waals surface area contributed by atoms with Crippen LogP contribution in [0.4, 0.5) is 10.8 Å². The van der Waals surface area contributed by atoms with Gasteiger partial charge in [0.1, 0.15) is 5.75 Å². The monoisotopic (exact) mass is 431 g/mol. The fourth-order valence-electron chi connectivity index (χ4n) is 2.68. The number of nitrogens with zero attached hydrogens (tertiary/aromatic N) is 2. The van der Waals surface area contributed by atoms with Crippen molar-refractivity contribution in [3.05, 3.63) is 68.0 Å². The standard InChI is InChI=1S/C20H18ClN3O4S/c1-11-7-16(8-12(2)18(11)21)28-13(3)19(25)23-20-22-17(10-29-20)14-5-4-6-15(9-14)24(26)27/h4-10,13H,1-3H3,(H,22,23,25). The molecule has 0 radical (unpaired) electrons. The number of thiazole rings is 1. The lowest BCUT2D eigenvalue weighted by molar-refractivity contribution is -0.384. The molecule has 0 aliphatic heterocycles. The maximum absolute atomic E-state index is 12.5. The summed E-state index contributed by atoms with van der Waals surface area (Å²) in [5.41, 5.74) is 2.88. The highest BCUT2D eigenvalue weighted by Crippen LogP contribution is 2.28. The fraction of sp³-hybridized carbons (Fsp3) is 0.200. The first-order chi connectivity index (χ1) is 13.7. The minimum Gasteiger partial charge on any atom is -0.481 e. The molecule has 0 spiro atoms. The van der Waals surface area contributed by atoms with E-state index in [1.165, 1.54) is 23.5 Å². The number of nitrogens with one attached hydrogen (secondary N) is 1. The van der Waals surface area contributed by atoms with Crippen molar-refractivity contribution in [2.75, 3.05) is 5.32 Å². The summed E-state index contributed by atoms with van der Waals surface area (Å²) in [7, 11) is 0. The van der Waals surface area contributed by atoms with Crippen molar-refractivity contribution in [2.24, 2.45) is 0 Å². The third-order valence-corrected chi connectivity index (χ3v) is 5.53. The lowest BCUT2D eigenvalue weighted by Crippen LogP contribution is -2.30. The maximum atomic E-state index is 12.5. The molecule has 1 atom stereocenters. The van der Waals surface area contributed by atoms with E-state index in [0.717, 1.165) is 11.1 Å². The number of benzene rings is 2. The lowest BCUT2D eigenvalue weighted by Gasteiger charge is -2.15.